The molecule has 0 spiro atoms. The van der Waals surface area contributed by atoms with E-state index in [1.54, 1.807) is 0 Å². The van der Waals surface area contributed by atoms with E-state index in [2.05, 4.69) is 26.8 Å². The third-order valence-corrected chi connectivity index (χ3v) is 1.53. The Morgan fingerprint density at radius 3 is 2.36 bits per heavy atom. The van der Waals surface area contributed by atoms with E-state index >= 15 is 0 Å². The maximum absolute atomic E-state index is 8.55. The Morgan fingerprint density at radius 1 is 1.27 bits per heavy atom. The summed E-state index contributed by atoms with van der Waals surface area (Å²) in [6.07, 6.45) is 6.23. The minimum absolute atomic E-state index is 0. The first kappa shape index (κ1) is 10.4. The van der Waals surface area contributed by atoms with Crippen molar-refractivity contribution in [3.63, 3.8) is 0 Å². The molecule has 1 nitrogen and oxygen atoms in total. The average molecular weight is 155 g/mol. The van der Waals surface area contributed by atoms with Gasteiger partial charge in [-0.25, -0.2) is 0 Å². The second kappa shape index (κ2) is 6.17. The highest BCUT2D eigenvalue weighted by Crippen LogP contribution is 2.05. The molecule has 0 radical (unpaired) electrons. The number of rotatable bonds is 4. The fraction of sp³-hybridized carbons (Fsp3) is 0.600. The van der Waals surface area contributed by atoms with Crippen LogP contribution in [-0.2, 0) is 0 Å². The van der Waals surface area contributed by atoms with E-state index in [1.807, 2.05) is 6.08 Å². The van der Waals surface area contributed by atoms with Crippen molar-refractivity contribution < 1.29 is 6.53 Å². The van der Waals surface area contributed by atoms with Gasteiger partial charge in [-0.15, -0.1) is 0 Å². The van der Waals surface area contributed by atoms with Crippen LogP contribution in [0.5, 0.6) is 0 Å². The molecule has 0 saturated carbocycles. The van der Waals surface area contributed by atoms with Crippen molar-refractivity contribution in [3.05, 3.63) is 23.3 Å². The SMILES string of the molecule is CC(C)=CCC/C(C)=C\CO.[H+]. The van der Waals surface area contributed by atoms with Crippen LogP contribution in [0.3, 0.4) is 0 Å². The molecule has 0 rings (SSSR count). The molecule has 0 aliphatic heterocycles. The van der Waals surface area contributed by atoms with E-state index in [1.165, 1.54) is 11.1 Å². The van der Waals surface area contributed by atoms with Crippen LogP contribution in [-0.4, -0.2) is 11.7 Å². The molecule has 0 aromatic carbocycles. The first-order valence-corrected chi connectivity index (χ1v) is 4.06. The Bertz CT molecular complexity index is 155. The molecule has 0 heterocycles. The number of aliphatic hydroxyl groups excluding tert-OH is 1. The molecule has 11 heavy (non-hydrogen) atoms. The van der Waals surface area contributed by atoms with Crippen LogP contribution in [0.15, 0.2) is 23.3 Å². The van der Waals surface area contributed by atoms with Crippen molar-refractivity contribution in [1.82, 2.24) is 0 Å². The van der Waals surface area contributed by atoms with E-state index in [0.29, 0.717) is 0 Å². The Morgan fingerprint density at radius 2 is 1.91 bits per heavy atom. The topological polar surface area (TPSA) is 20.2 Å². The van der Waals surface area contributed by atoms with Gasteiger partial charge in [0.2, 0.25) is 0 Å². The quantitative estimate of drug-likeness (QED) is 0.619. The number of hydrogen-bond acceptors (Lipinski definition) is 1. The van der Waals surface area contributed by atoms with Crippen LogP contribution in [0.1, 0.15) is 35.0 Å². The highest BCUT2D eigenvalue weighted by molar-refractivity contribution is 5.01. The molecular formula is C10H19O+. The molecule has 0 atom stereocenters. The van der Waals surface area contributed by atoms with E-state index in [-0.39, 0.29) is 8.03 Å². The van der Waals surface area contributed by atoms with Gasteiger partial charge in [-0.1, -0.05) is 23.3 Å². The molecule has 0 aromatic heterocycles. The summed E-state index contributed by atoms with van der Waals surface area (Å²) in [6.45, 7) is 6.42. The van der Waals surface area contributed by atoms with E-state index in [9.17, 15) is 0 Å². The second-order valence-corrected chi connectivity index (χ2v) is 3.05. The van der Waals surface area contributed by atoms with Crippen molar-refractivity contribution in [3.8, 4) is 0 Å². The van der Waals surface area contributed by atoms with Crippen LogP contribution >= 0.6 is 0 Å². The molecule has 0 fully saturated rings. The van der Waals surface area contributed by atoms with Gasteiger partial charge in [-0.05, 0) is 33.6 Å². The van der Waals surface area contributed by atoms with Crippen molar-refractivity contribution in [2.75, 3.05) is 6.61 Å². The van der Waals surface area contributed by atoms with Crippen molar-refractivity contribution in [2.45, 2.75) is 33.6 Å². The number of allylic oxidation sites excluding steroid dienone is 3. The summed E-state index contributed by atoms with van der Waals surface area (Å²) in [5.41, 5.74) is 2.63. The minimum atomic E-state index is 0. The van der Waals surface area contributed by atoms with Crippen LogP contribution in [0.2, 0.25) is 0 Å². The lowest BCUT2D eigenvalue weighted by Gasteiger charge is -1.96. The van der Waals surface area contributed by atoms with Gasteiger partial charge >= 0.3 is 1.43 Å². The van der Waals surface area contributed by atoms with Gasteiger partial charge in [0.15, 0.2) is 0 Å². The zero-order valence-electron chi connectivity index (χ0n) is 8.72. The summed E-state index contributed by atoms with van der Waals surface area (Å²) in [7, 11) is 0. The maximum atomic E-state index is 8.55. The zero-order chi connectivity index (χ0) is 8.69. The molecule has 0 aromatic rings. The monoisotopic (exact) mass is 155 g/mol. The molecule has 0 unspecified atom stereocenters. The van der Waals surface area contributed by atoms with Crippen LogP contribution in [0.25, 0.3) is 0 Å². The normalized spacial score (nSPS) is 11.5. The van der Waals surface area contributed by atoms with Gasteiger partial charge in [0.25, 0.3) is 0 Å². The molecule has 1 heteroatoms. The molecule has 0 amide bonds. The summed E-state index contributed by atoms with van der Waals surface area (Å²) in [5.74, 6) is 0. The first-order valence-electron chi connectivity index (χ1n) is 4.06. The third kappa shape index (κ3) is 7.34. The molecular weight excluding hydrogens is 136 g/mol. The minimum Gasteiger partial charge on any atom is -0.392 e. The van der Waals surface area contributed by atoms with Crippen LogP contribution in [0.4, 0.5) is 0 Å². The lowest BCUT2D eigenvalue weighted by atomic mass is 10.1. The van der Waals surface area contributed by atoms with Gasteiger partial charge < -0.3 is 5.11 Å². The molecule has 0 aliphatic carbocycles. The predicted octanol–water partition coefficient (Wildman–Crippen LogP) is 2.78. The predicted molar refractivity (Wildman–Crippen MR) is 50.6 cm³/mol. The lowest BCUT2D eigenvalue weighted by Crippen LogP contribution is -1.80. The fourth-order valence-corrected chi connectivity index (χ4v) is 0.846. The Labute approximate surface area is 70.9 Å². The fourth-order valence-electron chi connectivity index (χ4n) is 0.846. The summed E-state index contributed by atoms with van der Waals surface area (Å²) in [6, 6.07) is 0. The average Bonchev–Trinajstić information content (AvgIpc) is 1.87. The number of aliphatic hydroxyl groups is 1. The Balaban J connectivity index is 0. The summed E-state index contributed by atoms with van der Waals surface area (Å²) in [4.78, 5) is 0. The van der Waals surface area contributed by atoms with Gasteiger partial charge in [-0.3, -0.25) is 0 Å². The van der Waals surface area contributed by atoms with E-state index in [4.69, 9.17) is 5.11 Å². The highest BCUT2D eigenvalue weighted by atomic mass is 16.2. The van der Waals surface area contributed by atoms with Crippen molar-refractivity contribution in [2.24, 2.45) is 0 Å². The summed E-state index contributed by atoms with van der Waals surface area (Å²) < 4.78 is 0. The zero-order valence-corrected chi connectivity index (χ0v) is 7.72. The van der Waals surface area contributed by atoms with Gasteiger partial charge in [0, 0.05) is 0 Å². The molecule has 0 saturated heterocycles. The van der Waals surface area contributed by atoms with E-state index < -0.39 is 0 Å². The second-order valence-electron chi connectivity index (χ2n) is 3.05. The standard InChI is InChI=1S/C10H18O/c1-9(2)5-4-6-10(3)7-8-11/h5,7,11H,4,6,8H2,1-3H3/p+1/b10-7-. The van der Waals surface area contributed by atoms with E-state index in [0.717, 1.165) is 12.8 Å². The largest absolute Gasteiger partial charge is 1.00 e. The molecule has 1 N–H and O–H groups in total. The summed E-state index contributed by atoms with van der Waals surface area (Å²) in [5, 5.41) is 8.55. The summed E-state index contributed by atoms with van der Waals surface area (Å²) >= 11 is 0. The highest BCUT2D eigenvalue weighted by Gasteiger charge is 1.86. The smallest absolute Gasteiger partial charge is 0.392 e. The number of hydrogen-bond donors (Lipinski definition) is 1. The van der Waals surface area contributed by atoms with Gasteiger partial charge in [-0.2, -0.15) is 0 Å². The molecule has 64 valence electrons. The van der Waals surface area contributed by atoms with Crippen LogP contribution < -0.4 is 0 Å². The molecule has 0 aliphatic rings. The van der Waals surface area contributed by atoms with Crippen molar-refractivity contribution in [1.29, 1.82) is 0 Å². The van der Waals surface area contributed by atoms with Gasteiger partial charge in [0.1, 0.15) is 0 Å². The third-order valence-electron chi connectivity index (χ3n) is 1.53. The maximum Gasteiger partial charge on any atom is 1.00 e. The lowest BCUT2D eigenvalue weighted by molar-refractivity contribution is 0.341. The van der Waals surface area contributed by atoms with Crippen molar-refractivity contribution >= 4 is 0 Å². The molecule has 0 bridgehead atoms. The van der Waals surface area contributed by atoms with Gasteiger partial charge in [0.05, 0.1) is 6.61 Å². The van der Waals surface area contributed by atoms with Crippen LogP contribution in [0, 0.1) is 0 Å². The first-order chi connectivity index (χ1) is 5.16. The Kier molecular flexibility index (Phi) is 5.86. The Hall–Kier alpha value is -0.560.